The molecule has 1 amide bonds. The van der Waals surface area contributed by atoms with Gasteiger partial charge in [0.2, 0.25) is 5.91 Å². The molecule has 0 aliphatic rings. The molecular weight excluding hydrogens is 374 g/mol. The molecule has 142 valence electrons. The Hall–Kier alpha value is -2.81. The van der Waals surface area contributed by atoms with Crippen molar-refractivity contribution in [1.29, 1.82) is 0 Å². The van der Waals surface area contributed by atoms with Crippen LogP contribution in [0.5, 0.6) is 5.75 Å². The number of rotatable bonds is 7. The molecule has 0 aliphatic heterocycles. The van der Waals surface area contributed by atoms with E-state index in [1.54, 1.807) is 14.0 Å². The van der Waals surface area contributed by atoms with Crippen molar-refractivity contribution < 1.29 is 18.3 Å². The molecule has 0 unspecified atom stereocenters. The van der Waals surface area contributed by atoms with Crippen LogP contribution in [0.4, 0.5) is 13.9 Å². The number of imidazole rings is 1. The van der Waals surface area contributed by atoms with Gasteiger partial charge >= 0.3 is 6.55 Å². The lowest BCUT2D eigenvalue weighted by molar-refractivity contribution is -0.116. The number of carbonyl (C=O) groups is 1. The maximum absolute atomic E-state index is 13.0. The number of methoxy groups -OCH3 is 1. The van der Waals surface area contributed by atoms with Crippen molar-refractivity contribution in [3.63, 3.8) is 0 Å². The number of nitrogens with one attached hydrogen (secondary N) is 1. The molecule has 6 nitrogen and oxygen atoms in total. The summed E-state index contributed by atoms with van der Waals surface area (Å²) in [5, 5.41) is 3.09. The Bertz CT molecular complexity index is 939. The van der Waals surface area contributed by atoms with Crippen LogP contribution in [0.3, 0.4) is 0 Å². The largest absolute Gasteiger partial charge is 0.497 e. The van der Waals surface area contributed by atoms with E-state index < -0.39 is 6.55 Å². The topological polar surface area (TPSA) is 69.0 Å². The van der Waals surface area contributed by atoms with E-state index >= 15 is 0 Å². The Morgan fingerprint density at radius 1 is 1.41 bits per heavy atom. The van der Waals surface area contributed by atoms with Crippen LogP contribution in [-0.2, 0) is 11.2 Å². The number of aromatic nitrogens is 3. The number of halogens is 2. The molecular formula is C18H18F2N4O2S. The average Bonchev–Trinajstić information content (AvgIpc) is 3.26. The maximum Gasteiger partial charge on any atom is 0.320 e. The van der Waals surface area contributed by atoms with Crippen molar-refractivity contribution in [2.75, 3.05) is 12.4 Å². The van der Waals surface area contributed by atoms with E-state index in [4.69, 9.17) is 4.74 Å². The van der Waals surface area contributed by atoms with Crippen molar-refractivity contribution >= 4 is 22.4 Å². The van der Waals surface area contributed by atoms with Gasteiger partial charge in [-0.25, -0.2) is 9.97 Å². The van der Waals surface area contributed by atoms with Crippen molar-refractivity contribution in [2.45, 2.75) is 26.3 Å². The van der Waals surface area contributed by atoms with Crippen LogP contribution >= 0.6 is 11.3 Å². The fourth-order valence-electron chi connectivity index (χ4n) is 2.57. The number of amides is 1. The van der Waals surface area contributed by atoms with E-state index in [1.165, 1.54) is 12.4 Å². The van der Waals surface area contributed by atoms with E-state index in [2.05, 4.69) is 15.3 Å². The minimum absolute atomic E-state index is 0.136. The minimum Gasteiger partial charge on any atom is -0.497 e. The summed E-state index contributed by atoms with van der Waals surface area (Å²) in [6, 6.07) is 7.51. The summed E-state index contributed by atoms with van der Waals surface area (Å²) in [5.41, 5.74) is 1.52. The molecule has 27 heavy (non-hydrogen) atoms. The van der Waals surface area contributed by atoms with Gasteiger partial charge in [-0.1, -0.05) is 23.5 Å². The summed E-state index contributed by atoms with van der Waals surface area (Å²) in [4.78, 5) is 20.9. The lowest BCUT2D eigenvalue weighted by atomic mass is 10.1. The lowest BCUT2D eigenvalue weighted by Gasteiger charge is -2.05. The highest BCUT2D eigenvalue weighted by Crippen LogP contribution is 2.33. The number of anilines is 1. The number of carbonyl (C=O) groups excluding carboxylic acids is 1. The smallest absolute Gasteiger partial charge is 0.320 e. The van der Waals surface area contributed by atoms with Crippen LogP contribution in [0.25, 0.3) is 10.7 Å². The molecule has 0 spiro atoms. The van der Waals surface area contributed by atoms with Crippen molar-refractivity contribution in [3.05, 3.63) is 47.9 Å². The molecule has 3 aromatic rings. The number of aryl methyl sites for hydroxylation is 2. The first-order valence-electron chi connectivity index (χ1n) is 8.19. The highest BCUT2D eigenvalue weighted by molar-refractivity contribution is 7.19. The summed E-state index contributed by atoms with van der Waals surface area (Å²) < 4.78 is 32.0. The second-order valence-corrected chi connectivity index (χ2v) is 6.77. The monoisotopic (exact) mass is 392 g/mol. The van der Waals surface area contributed by atoms with Gasteiger partial charge in [0.15, 0.2) is 11.0 Å². The predicted octanol–water partition coefficient (Wildman–Crippen LogP) is 4.29. The number of ether oxygens (including phenoxy) is 1. The number of hydrogen-bond acceptors (Lipinski definition) is 5. The maximum atomic E-state index is 13.0. The highest BCUT2D eigenvalue weighted by atomic mass is 32.1. The fraction of sp³-hybridized carbons (Fsp3) is 0.278. The van der Waals surface area contributed by atoms with Crippen LogP contribution in [0.1, 0.15) is 24.2 Å². The first-order valence-corrected chi connectivity index (χ1v) is 9.01. The van der Waals surface area contributed by atoms with Gasteiger partial charge in [-0.3, -0.25) is 9.36 Å². The Balaban J connectivity index is 1.66. The zero-order valence-corrected chi connectivity index (χ0v) is 15.6. The van der Waals surface area contributed by atoms with Gasteiger partial charge in [0.25, 0.3) is 0 Å². The molecule has 0 saturated heterocycles. The quantitative estimate of drug-likeness (QED) is 0.651. The van der Waals surface area contributed by atoms with Crippen molar-refractivity contribution in [3.8, 4) is 16.5 Å². The third-order valence-electron chi connectivity index (χ3n) is 3.90. The van der Waals surface area contributed by atoms with E-state index in [0.29, 0.717) is 22.1 Å². The Labute approximate surface area is 158 Å². The van der Waals surface area contributed by atoms with E-state index in [9.17, 15) is 13.6 Å². The first kappa shape index (κ1) is 19.0. The molecule has 2 aromatic heterocycles. The second-order valence-electron chi connectivity index (χ2n) is 5.77. The van der Waals surface area contributed by atoms with Gasteiger partial charge in [0.1, 0.15) is 5.75 Å². The van der Waals surface area contributed by atoms with Crippen LogP contribution in [0.2, 0.25) is 0 Å². The summed E-state index contributed by atoms with van der Waals surface area (Å²) in [6.07, 6.45) is 3.35. The van der Waals surface area contributed by atoms with Gasteiger partial charge in [-0.2, -0.15) is 8.78 Å². The second kappa shape index (κ2) is 8.26. The summed E-state index contributed by atoms with van der Waals surface area (Å²) in [7, 11) is 1.59. The third-order valence-corrected chi connectivity index (χ3v) is 4.97. The van der Waals surface area contributed by atoms with Gasteiger partial charge in [0.05, 0.1) is 17.7 Å². The number of hydrogen-bond donors (Lipinski definition) is 1. The number of alkyl halides is 2. The minimum atomic E-state index is -2.69. The number of nitrogens with zero attached hydrogens (tertiary/aromatic N) is 3. The van der Waals surface area contributed by atoms with Crippen LogP contribution in [0, 0.1) is 6.92 Å². The summed E-state index contributed by atoms with van der Waals surface area (Å²) in [5.74, 6) is 0.676. The van der Waals surface area contributed by atoms with E-state index in [1.807, 2.05) is 24.3 Å². The summed E-state index contributed by atoms with van der Waals surface area (Å²) >= 11 is 1.13. The molecule has 0 aliphatic carbocycles. The Morgan fingerprint density at radius 3 is 2.96 bits per heavy atom. The fourth-order valence-corrected chi connectivity index (χ4v) is 3.55. The zero-order valence-electron chi connectivity index (χ0n) is 14.8. The Kier molecular flexibility index (Phi) is 5.80. The van der Waals surface area contributed by atoms with Crippen LogP contribution in [0.15, 0.2) is 36.7 Å². The molecule has 0 bridgehead atoms. The molecule has 0 radical (unpaired) electrons. The van der Waals surface area contributed by atoms with Crippen LogP contribution in [-0.4, -0.2) is 27.6 Å². The SMILES string of the molecule is COc1cccc(CCC(=O)Nc2nc(C)c(-c3nccn3C(F)F)s2)c1. The van der Waals surface area contributed by atoms with Crippen LogP contribution < -0.4 is 10.1 Å². The molecule has 0 atom stereocenters. The molecule has 0 fully saturated rings. The van der Waals surface area contributed by atoms with Crippen molar-refractivity contribution in [1.82, 2.24) is 14.5 Å². The molecule has 2 heterocycles. The van der Waals surface area contributed by atoms with Crippen molar-refractivity contribution in [2.24, 2.45) is 0 Å². The normalized spacial score (nSPS) is 11.0. The van der Waals surface area contributed by atoms with Gasteiger partial charge in [-0.15, -0.1) is 0 Å². The molecule has 1 aromatic carbocycles. The van der Waals surface area contributed by atoms with E-state index in [-0.39, 0.29) is 18.2 Å². The first-order chi connectivity index (χ1) is 13.0. The third kappa shape index (κ3) is 4.48. The molecule has 3 rings (SSSR count). The molecule has 9 heteroatoms. The Morgan fingerprint density at radius 2 is 2.22 bits per heavy atom. The standard InChI is InChI=1S/C18H18F2N4O2S/c1-11-15(16-21-8-9-24(16)17(19)20)27-18(22-11)23-14(25)7-6-12-4-3-5-13(10-12)26-2/h3-5,8-10,17H,6-7H2,1-2H3,(H,22,23,25). The number of thiazole rings is 1. The van der Waals surface area contributed by atoms with Gasteiger partial charge in [0, 0.05) is 18.8 Å². The highest BCUT2D eigenvalue weighted by Gasteiger charge is 2.19. The number of benzene rings is 1. The molecule has 1 N–H and O–H groups in total. The lowest BCUT2D eigenvalue weighted by Crippen LogP contribution is -2.12. The average molecular weight is 392 g/mol. The van der Waals surface area contributed by atoms with E-state index in [0.717, 1.165) is 27.2 Å². The van der Waals surface area contributed by atoms with Gasteiger partial charge in [-0.05, 0) is 31.0 Å². The van der Waals surface area contributed by atoms with Gasteiger partial charge < -0.3 is 10.1 Å². The zero-order chi connectivity index (χ0) is 19.4. The predicted molar refractivity (Wildman–Crippen MR) is 99.3 cm³/mol. The molecule has 0 saturated carbocycles. The summed E-state index contributed by atoms with van der Waals surface area (Å²) in [6.45, 7) is -0.993.